The molecule has 35 heavy (non-hydrogen) atoms. The topological polar surface area (TPSA) is 189 Å². The summed E-state index contributed by atoms with van der Waals surface area (Å²) in [6.07, 6.45) is -8.20. The summed E-state index contributed by atoms with van der Waals surface area (Å²) in [6.45, 7) is -0.709. The molecule has 1 aliphatic heterocycles. The molecule has 0 unspecified atom stereocenters. The van der Waals surface area contributed by atoms with Crippen LogP contribution in [0.2, 0.25) is 0 Å². The lowest BCUT2D eigenvalue weighted by Gasteiger charge is -2.39. The zero-order chi connectivity index (χ0) is 25.4. The Hall–Kier alpha value is -3.55. The van der Waals surface area contributed by atoms with Crippen molar-refractivity contribution in [1.29, 1.82) is 0 Å². The van der Waals surface area contributed by atoms with Gasteiger partial charge in [-0.25, -0.2) is 0 Å². The van der Waals surface area contributed by atoms with Crippen molar-refractivity contribution >= 4 is 11.0 Å². The molecule has 1 saturated heterocycles. The molecule has 0 amide bonds. The lowest BCUT2D eigenvalue weighted by Crippen LogP contribution is -2.60. The molecule has 2 aromatic carbocycles. The van der Waals surface area contributed by atoms with Crippen molar-refractivity contribution in [2.75, 3.05) is 20.8 Å². The number of aromatic hydroxyl groups is 2. The zero-order valence-electron chi connectivity index (χ0n) is 18.6. The summed E-state index contributed by atoms with van der Waals surface area (Å²) in [6, 6.07) is 6.86. The molecule has 0 saturated carbocycles. The van der Waals surface area contributed by atoms with E-state index in [1.807, 2.05) is 0 Å². The van der Waals surface area contributed by atoms with Crippen LogP contribution in [0.1, 0.15) is 0 Å². The minimum absolute atomic E-state index is 0.0580. The van der Waals surface area contributed by atoms with Gasteiger partial charge in [0.15, 0.2) is 17.3 Å². The van der Waals surface area contributed by atoms with Gasteiger partial charge in [0.1, 0.15) is 41.1 Å². The van der Waals surface area contributed by atoms with Crippen LogP contribution in [0.3, 0.4) is 0 Å². The van der Waals surface area contributed by atoms with E-state index in [1.54, 1.807) is 0 Å². The number of benzene rings is 2. The fourth-order valence-corrected chi connectivity index (χ4v) is 3.82. The number of aliphatic hydroxyl groups excluding tert-OH is 4. The molecule has 188 valence electrons. The smallest absolute Gasteiger partial charge is 0.239 e. The van der Waals surface area contributed by atoms with Crippen molar-refractivity contribution in [1.82, 2.24) is 0 Å². The Morgan fingerprint density at radius 3 is 2.23 bits per heavy atom. The number of aliphatic hydroxyl groups is 4. The molecule has 1 fully saturated rings. The maximum Gasteiger partial charge on any atom is 0.239 e. The van der Waals surface area contributed by atoms with E-state index in [-0.39, 0.29) is 39.5 Å². The fourth-order valence-electron chi connectivity index (χ4n) is 3.82. The minimum Gasteiger partial charge on any atom is -0.508 e. The van der Waals surface area contributed by atoms with E-state index in [4.69, 9.17) is 23.4 Å². The monoisotopic (exact) mass is 492 g/mol. The molecule has 4 rings (SSSR count). The van der Waals surface area contributed by atoms with E-state index in [0.29, 0.717) is 0 Å². The first kappa shape index (κ1) is 24.6. The van der Waals surface area contributed by atoms with Crippen molar-refractivity contribution in [2.24, 2.45) is 0 Å². The first-order valence-electron chi connectivity index (χ1n) is 10.4. The zero-order valence-corrected chi connectivity index (χ0v) is 18.6. The van der Waals surface area contributed by atoms with Crippen LogP contribution in [-0.2, 0) is 4.74 Å². The third-order valence-electron chi connectivity index (χ3n) is 5.67. The number of rotatable bonds is 6. The number of methoxy groups -OCH3 is 2. The summed E-state index contributed by atoms with van der Waals surface area (Å²) in [4.78, 5) is 13.6. The first-order valence-corrected chi connectivity index (χ1v) is 10.4. The second-order valence-electron chi connectivity index (χ2n) is 7.79. The lowest BCUT2D eigenvalue weighted by molar-refractivity contribution is -0.277. The maximum absolute atomic E-state index is 13.6. The van der Waals surface area contributed by atoms with E-state index in [0.717, 1.165) is 0 Å². The van der Waals surface area contributed by atoms with E-state index >= 15 is 0 Å². The third-order valence-corrected chi connectivity index (χ3v) is 5.67. The molecule has 0 bridgehead atoms. The van der Waals surface area contributed by atoms with Gasteiger partial charge >= 0.3 is 0 Å². The van der Waals surface area contributed by atoms with Gasteiger partial charge in [0, 0.05) is 11.6 Å². The number of ether oxygens (including phenoxy) is 4. The van der Waals surface area contributed by atoms with Crippen LogP contribution in [0.4, 0.5) is 0 Å². The summed E-state index contributed by atoms with van der Waals surface area (Å²) < 4.78 is 27.3. The minimum atomic E-state index is -1.81. The molecule has 5 atom stereocenters. The van der Waals surface area contributed by atoms with Gasteiger partial charge in [-0.2, -0.15) is 0 Å². The van der Waals surface area contributed by atoms with E-state index in [1.165, 1.54) is 44.6 Å². The van der Waals surface area contributed by atoms with Crippen LogP contribution in [-0.4, -0.2) is 82.2 Å². The van der Waals surface area contributed by atoms with Crippen LogP contribution in [0.15, 0.2) is 39.5 Å². The van der Waals surface area contributed by atoms with Crippen molar-refractivity contribution in [2.45, 2.75) is 30.7 Å². The molecular formula is C23H24O12. The van der Waals surface area contributed by atoms with Crippen molar-refractivity contribution in [3.05, 3.63) is 40.6 Å². The molecule has 0 spiro atoms. The number of hydrogen-bond donors (Lipinski definition) is 6. The summed E-state index contributed by atoms with van der Waals surface area (Å²) in [7, 11) is 2.60. The van der Waals surface area contributed by atoms with Crippen LogP contribution in [0, 0.1) is 0 Å². The number of hydrogen-bond acceptors (Lipinski definition) is 12. The quantitative estimate of drug-likeness (QED) is 0.272. The first-order chi connectivity index (χ1) is 16.7. The summed E-state index contributed by atoms with van der Waals surface area (Å²) >= 11 is 0. The van der Waals surface area contributed by atoms with Gasteiger partial charge in [0.2, 0.25) is 23.2 Å². The average Bonchev–Trinajstić information content (AvgIpc) is 2.85. The standard InChI is InChI=1S/C23H24O12/c1-31-12-7-11-14(16(27)21(12)32-2)17(28)22(20(33-11)9-3-5-10(25)6-4-9)35-23-19(30)18(29)15(26)13(8-24)34-23/h3-7,13,15,18-19,23-27,29-30H,8H2,1-2H3/t13-,15-,18+,19-,23+/m1/s1. The number of phenolic OH excluding ortho intramolecular Hbond substituents is 2. The normalized spacial score (nSPS) is 24.3. The van der Waals surface area contributed by atoms with Gasteiger partial charge in [-0.05, 0) is 24.3 Å². The Kier molecular flexibility index (Phi) is 6.74. The Bertz CT molecular complexity index is 1270. The highest BCUT2D eigenvalue weighted by molar-refractivity contribution is 5.91. The highest BCUT2D eigenvalue weighted by atomic mass is 16.7. The average molecular weight is 492 g/mol. The summed E-state index contributed by atoms with van der Waals surface area (Å²) in [5.74, 6) is -1.38. The highest BCUT2D eigenvalue weighted by Crippen LogP contribution is 2.44. The molecule has 0 aliphatic carbocycles. The Labute approximate surface area is 197 Å². The lowest BCUT2D eigenvalue weighted by atomic mass is 9.99. The molecule has 1 aromatic heterocycles. The predicted octanol–water partition coefficient (Wildman–Crippen LogP) is 0.0671. The molecule has 12 nitrogen and oxygen atoms in total. The molecule has 6 N–H and O–H groups in total. The van der Waals surface area contributed by atoms with Gasteiger partial charge < -0.3 is 54.0 Å². The maximum atomic E-state index is 13.6. The van der Waals surface area contributed by atoms with Crippen molar-refractivity contribution < 1.29 is 54.0 Å². The third kappa shape index (κ3) is 4.22. The van der Waals surface area contributed by atoms with Gasteiger partial charge in [-0.15, -0.1) is 0 Å². The Balaban J connectivity index is 1.94. The predicted molar refractivity (Wildman–Crippen MR) is 119 cm³/mol. The van der Waals surface area contributed by atoms with Gasteiger partial charge in [0.05, 0.1) is 20.8 Å². The summed E-state index contributed by atoms with van der Waals surface area (Å²) in [5.41, 5.74) is -0.699. The fraction of sp³-hybridized carbons (Fsp3) is 0.348. The Morgan fingerprint density at radius 1 is 0.943 bits per heavy atom. The van der Waals surface area contributed by atoms with Crippen LogP contribution in [0.5, 0.6) is 28.7 Å². The van der Waals surface area contributed by atoms with Gasteiger partial charge in [0.25, 0.3) is 0 Å². The SMILES string of the molecule is COc1cc2oc(-c3ccc(O)cc3)c(O[C@@H]3O[C@H](CO)[C@@H](O)[C@H](O)[C@H]3O)c(=O)c2c(O)c1OC. The molecular weight excluding hydrogens is 468 g/mol. The van der Waals surface area contributed by atoms with Crippen LogP contribution in [0.25, 0.3) is 22.3 Å². The second kappa shape index (κ2) is 9.60. The highest BCUT2D eigenvalue weighted by Gasteiger charge is 2.45. The number of phenols is 2. The second-order valence-corrected chi connectivity index (χ2v) is 7.79. The molecule has 3 aromatic rings. The van der Waals surface area contributed by atoms with Crippen molar-refractivity contribution in [3.63, 3.8) is 0 Å². The van der Waals surface area contributed by atoms with Crippen LogP contribution < -0.4 is 19.6 Å². The molecule has 1 aliphatic rings. The van der Waals surface area contributed by atoms with Gasteiger partial charge in [-0.1, -0.05) is 0 Å². The number of fused-ring (bicyclic) bond motifs is 1. The van der Waals surface area contributed by atoms with Crippen LogP contribution >= 0.6 is 0 Å². The largest absolute Gasteiger partial charge is 0.508 e. The molecule has 2 heterocycles. The van der Waals surface area contributed by atoms with Crippen molar-refractivity contribution in [3.8, 4) is 40.1 Å². The summed E-state index contributed by atoms with van der Waals surface area (Å²) in [5, 5.41) is 60.0. The van der Waals surface area contributed by atoms with E-state index in [9.17, 15) is 35.4 Å². The Morgan fingerprint density at radius 2 is 1.63 bits per heavy atom. The molecule has 12 heteroatoms. The molecule has 0 radical (unpaired) electrons. The van der Waals surface area contributed by atoms with E-state index < -0.39 is 54.2 Å². The van der Waals surface area contributed by atoms with E-state index in [2.05, 4.69) is 0 Å². The van der Waals surface area contributed by atoms with Gasteiger partial charge in [-0.3, -0.25) is 4.79 Å².